The van der Waals surface area contributed by atoms with Crippen molar-refractivity contribution in [3.8, 4) is 0 Å². The van der Waals surface area contributed by atoms with Crippen molar-refractivity contribution in [1.29, 1.82) is 0 Å². The van der Waals surface area contributed by atoms with Gasteiger partial charge in [0.15, 0.2) is 0 Å². The second-order valence-corrected chi connectivity index (χ2v) is 5.67. The molecule has 7 heteroatoms. The maximum atomic E-state index is 11.5. The quantitative estimate of drug-likeness (QED) is 0.309. The Hall–Kier alpha value is -3.61. The van der Waals surface area contributed by atoms with Crippen LogP contribution in [0.25, 0.3) is 5.57 Å². The zero-order valence-electron chi connectivity index (χ0n) is 16.0. The second kappa shape index (κ2) is 10.5. The van der Waals surface area contributed by atoms with E-state index in [9.17, 15) is 9.90 Å². The third kappa shape index (κ3) is 5.44. The summed E-state index contributed by atoms with van der Waals surface area (Å²) in [4.78, 5) is 21.9. The zero-order chi connectivity index (χ0) is 20.4. The number of hydrogen-bond donors (Lipinski definition) is 1. The number of nitrogens with zero attached hydrogens (tertiary/aromatic N) is 2. The minimum Gasteiger partial charge on any atom is -0.503 e. The van der Waals surface area contributed by atoms with Gasteiger partial charge >= 0.3 is 5.97 Å². The molecule has 0 heterocycles. The number of hydrogen-bond acceptors (Lipinski definition) is 6. The van der Waals surface area contributed by atoms with Crippen LogP contribution in [0.3, 0.4) is 0 Å². The smallest absolute Gasteiger partial charge is 0.339 e. The molecule has 2 rings (SSSR count). The molecule has 2 aromatic rings. The first-order valence-corrected chi connectivity index (χ1v) is 8.46. The van der Waals surface area contributed by atoms with Crippen LogP contribution in [0.2, 0.25) is 0 Å². The first-order valence-electron chi connectivity index (χ1n) is 8.46. The average Bonchev–Trinajstić information content (AvgIpc) is 2.71. The van der Waals surface area contributed by atoms with Crippen LogP contribution >= 0.6 is 0 Å². The fourth-order valence-corrected chi connectivity index (χ4v) is 2.51. The lowest BCUT2D eigenvalue weighted by atomic mass is 10.0. The Labute approximate surface area is 163 Å². The van der Waals surface area contributed by atoms with E-state index >= 15 is 0 Å². The van der Waals surface area contributed by atoms with Gasteiger partial charge in [-0.3, -0.25) is 0 Å². The molecule has 0 unspecified atom stereocenters. The van der Waals surface area contributed by atoms with E-state index in [2.05, 4.69) is 10.3 Å². The van der Waals surface area contributed by atoms with E-state index in [1.807, 2.05) is 30.3 Å². The molecule has 0 radical (unpaired) electrons. The molecule has 2 aromatic carbocycles. The highest BCUT2D eigenvalue weighted by molar-refractivity contribution is 6.47. The maximum Gasteiger partial charge on any atom is 0.339 e. The van der Waals surface area contributed by atoms with Crippen LogP contribution < -0.4 is 0 Å². The molecule has 0 saturated carbocycles. The van der Waals surface area contributed by atoms with Crippen molar-refractivity contribution < 1.29 is 24.3 Å². The minimum atomic E-state index is -1.09. The molecule has 0 aromatic heterocycles. The number of carbonyl (C=O) groups is 1. The number of oxime groups is 2. The highest BCUT2D eigenvalue weighted by atomic mass is 16.6. The fraction of sp³-hybridized carbons (Fsp3) is 0.190. The summed E-state index contributed by atoms with van der Waals surface area (Å²) in [6, 6.07) is 16.5. The van der Waals surface area contributed by atoms with E-state index < -0.39 is 5.97 Å². The van der Waals surface area contributed by atoms with Gasteiger partial charge in [0.1, 0.15) is 30.7 Å². The van der Waals surface area contributed by atoms with Crippen LogP contribution in [0.5, 0.6) is 0 Å². The third-order valence-electron chi connectivity index (χ3n) is 3.77. The largest absolute Gasteiger partial charge is 0.503 e. The first-order chi connectivity index (χ1) is 13.6. The van der Waals surface area contributed by atoms with Crippen LogP contribution in [0, 0.1) is 0 Å². The summed E-state index contributed by atoms with van der Waals surface area (Å²) in [5.41, 5.74) is 3.10. The molecule has 0 aliphatic heterocycles. The molecule has 0 atom stereocenters. The monoisotopic (exact) mass is 382 g/mol. The Bertz CT molecular complexity index is 889. The molecular weight excluding hydrogens is 360 g/mol. The Morgan fingerprint density at radius 1 is 1.04 bits per heavy atom. The fourth-order valence-electron chi connectivity index (χ4n) is 2.51. The van der Waals surface area contributed by atoms with Crippen LogP contribution in [0.4, 0.5) is 0 Å². The average molecular weight is 382 g/mol. The van der Waals surface area contributed by atoms with Crippen molar-refractivity contribution in [1.82, 2.24) is 0 Å². The number of ether oxygens (including phenoxy) is 1. The normalized spacial score (nSPS) is 12.5. The van der Waals surface area contributed by atoms with Crippen molar-refractivity contribution in [3.63, 3.8) is 0 Å². The van der Waals surface area contributed by atoms with Gasteiger partial charge in [0.05, 0.1) is 13.4 Å². The van der Waals surface area contributed by atoms with E-state index in [4.69, 9.17) is 14.4 Å². The summed E-state index contributed by atoms with van der Waals surface area (Å²) >= 11 is 0. The van der Waals surface area contributed by atoms with Crippen LogP contribution in [-0.2, 0) is 25.8 Å². The molecule has 0 spiro atoms. The molecule has 0 bridgehead atoms. The van der Waals surface area contributed by atoms with Crippen LogP contribution in [0.1, 0.15) is 23.6 Å². The predicted octanol–water partition coefficient (Wildman–Crippen LogP) is 3.70. The van der Waals surface area contributed by atoms with Gasteiger partial charge in [0.25, 0.3) is 0 Å². The molecular formula is C21H22N2O5. The summed E-state index contributed by atoms with van der Waals surface area (Å²) in [6.45, 7) is 1.83. The summed E-state index contributed by atoms with van der Waals surface area (Å²) in [7, 11) is 2.86. The molecule has 1 N–H and O–H groups in total. The van der Waals surface area contributed by atoms with Gasteiger partial charge in [-0.05, 0) is 12.5 Å². The van der Waals surface area contributed by atoms with Gasteiger partial charge in [-0.1, -0.05) is 64.9 Å². The number of rotatable bonds is 9. The Morgan fingerprint density at radius 3 is 2.36 bits per heavy atom. The summed E-state index contributed by atoms with van der Waals surface area (Å²) in [5, 5.41) is 17.5. The summed E-state index contributed by atoms with van der Waals surface area (Å²) in [6.07, 6.45) is 1.19. The SMILES string of the molecule is CO/C=C(\C(=O)O)c1ccccc1CO/N=C(C)/C(=N/OC)c1ccccc1. The highest BCUT2D eigenvalue weighted by Gasteiger charge is 2.15. The lowest BCUT2D eigenvalue weighted by Gasteiger charge is -2.10. The van der Waals surface area contributed by atoms with Gasteiger partial charge in [0, 0.05) is 11.1 Å². The van der Waals surface area contributed by atoms with Crippen molar-refractivity contribution >= 4 is 23.0 Å². The van der Waals surface area contributed by atoms with Gasteiger partial charge < -0.3 is 19.5 Å². The van der Waals surface area contributed by atoms with Crippen LogP contribution in [0.15, 0.2) is 71.2 Å². The van der Waals surface area contributed by atoms with E-state index in [0.717, 1.165) is 5.56 Å². The van der Waals surface area contributed by atoms with Gasteiger partial charge in [-0.15, -0.1) is 0 Å². The molecule has 0 aliphatic rings. The molecule has 0 amide bonds. The Morgan fingerprint density at radius 2 is 1.71 bits per heavy atom. The first kappa shape index (κ1) is 20.7. The number of methoxy groups -OCH3 is 1. The van der Waals surface area contributed by atoms with Crippen molar-refractivity contribution in [2.45, 2.75) is 13.5 Å². The topological polar surface area (TPSA) is 89.7 Å². The predicted molar refractivity (Wildman–Crippen MR) is 107 cm³/mol. The van der Waals surface area contributed by atoms with Crippen LogP contribution in [-0.4, -0.2) is 36.7 Å². The highest BCUT2D eigenvalue weighted by Crippen LogP contribution is 2.21. The van der Waals surface area contributed by atoms with Crippen molar-refractivity contribution in [2.75, 3.05) is 14.2 Å². The molecule has 7 nitrogen and oxygen atoms in total. The summed E-state index contributed by atoms with van der Waals surface area (Å²) < 4.78 is 4.88. The number of benzene rings is 2. The van der Waals surface area contributed by atoms with E-state index in [0.29, 0.717) is 22.6 Å². The molecule has 0 fully saturated rings. The minimum absolute atomic E-state index is 0.0355. The number of carboxylic acids is 1. The Balaban J connectivity index is 2.21. The molecule has 0 aliphatic carbocycles. The number of aliphatic carboxylic acids is 1. The van der Waals surface area contributed by atoms with E-state index in [-0.39, 0.29) is 12.2 Å². The van der Waals surface area contributed by atoms with Gasteiger partial charge in [0.2, 0.25) is 0 Å². The van der Waals surface area contributed by atoms with Gasteiger partial charge in [-0.25, -0.2) is 4.79 Å². The maximum absolute atomic E-state index is 11.5. The van der Waals surface area contributed by atoms with Crippen molar-refractivity contribution in [2.24, 2.45) is 10.3 Å². The standard InChI is InChI=1S/C21H22N2O5/c1-15(20(23-27-3)16-9-5-4-6-10-16)22-28-13-17-11-7-8-12-18(17)19(14-26-2)21(24)25/h4-12,14H,13H2,1-3H3,(H,24,25)/b19-14-,22-15+,23-20-. The molecule has 146 valence electrons. The molecule has 28 heavy (non-hydrogen) atoms. The van der Waals surface area contributed by atoms with E-state index in [1.54, 1.807) is 31.2 Å². The summed E-state index contributed by atoms with van der Waals surface area (Å²) in [5.74, 6) is -1.09. The Kier molecular flexibility index (Phi) is 7.77. The molecule has 0 saturated heterocycles. The van der Waals surface area contributed by atoms with E-state index in [1.165, 1.54) is 20.5 Å². The lowest BCUT2D eigenvalue weighted by Crippen LogP contribution is -2.13. The third-order valence-corrected chi connectivity index (χ3v) is 3.77. The second-order valence-electron chi connectivity index (χ2n) is 5.67. The van der Waals surface area contributed by atoms with Gasteiger partial charge in [-0.2, -0.15) is 0 Å². The zero-order valence-corrected chi connectivity index (χ0v) is 16.0. The van der Waals surface area contributed by atoms with Crippen molar-refractivity contribution in [3.05, 3.63) is 77.5 Å². The lowest BCUT2D eigenvalue weighted by molar-refractivity contribution is -0.130. The number of carboxylic acid groups (broad SMARTS) is 1.